The molecule has 1 aliphatic heterocycles. The minimum atomic E-state index is -0.00731. The summed E-state index contributed by atoms with van der Waals surface area (Å²) >= 11 is 4.61. The lowest BCUT2D eigenvalue weighted by molar-refractivity contribution is 0.360. The Labute approximate surface area is 133 Å². The third-order valence-electron chi connectivity index (χ3n) is 4.18. The van der Waals surface area contributed by atoms with E-state index < -0.39 is 0 Å². The molecule has 2 heterocycles. The summed E-state index contributed by atoms with van der Waals surface area (Å²) in [4.78, 5) is 13.8. The van der Waals surface area contributed by atoms with E-state index in [9.17, 15) is 4.79 Å². The number of nitrogens with zero attached hydrogens (tertiary/aromatic N) is 1. The summed E-state index contributed by atoms with van der Waals surface area (Å²) in [5.41, 5.74) is 3.47. The van der Waals surface area contributed by atoms with Gasteiger partial charge in [0, 0.05) is 16.7 Å². The van der Waals surface area contributed by atoms with Crippen LogP contribution in [0.25, 0.3) is 16.6 Å². The monoisotopic (exact) mass is 309 g/mol. The summed E-state index contributed by atoms with van der Waals surface area (Å²) in [5, 5.41) is 0.976. The number of hydrogen-bond acceptors (Lipinski definition) is 3. The Bertz CT molecular complexity index is 959. The van der Waals surface area contributed by atoms with Crippen molar-refractivity contribution in [2.75, 3.05) is 6.61 Å². The number of aryl methyl sites for hydroxylation is 1. The number of hydrogen-bond donors (Lipinski definition) is 1. The van der Waals surface area contributed by atoms with Gasteiger partial charge in [0.25, 0.3) is 5.56 Å². The van der Waals surface area contributed by atoms with Crippen molar-refractivity contribution in [1.82, 2.24) is 4.57 Å². The van der Waals surface area contributed by atoms with Crippen LogP contribution < -0.4 is 10.3 Å². The molecule has 0 radical (unpaired) electrons. The van der Waals surface area contributed by atoms with Crippen LogP contribution in [0.1, 0.15) is 11.1 Å². The number of thiol groups is 1. The predicted octanol–water partition coefficient (Wildman–Crippen LogP) is 3.52. The highest BCUT2D eigenvalue weighted by atomic mass is 32.1. The molecule has 2 aromatic carbocycles. The Morgan fingerprint density at radius 3 is 2.82 bits per heavy atom. The van der Waals surface area contributed by atoms with Crippen molar-refractivity contribution >= 4 is 23.5 Å². The van der Waals surface area contributed by atoms with Gasteiger partial charge >= 0.3 is 0 Å². The lowest BCUT2D eigenvalue weighted by Gasteiger charge is -2.16. The first-order chi connectivity index (χ1) is 10.7. The topological polar surface area (TPSA) is 31.2 Å². The number of para-hydroxylation sites is 1. The maximum Gasteiger partial charge on any atom is 0.262 e. The normalized spacial score (nSPS) is 13.2. The largest absolute Gasteiger partial charge is 0.492 e. The van der Waals surface area contributed by atoms with Gasteiger partial charge in [0.15, 0.2) is 0 Å². The number of aromatic nitrogens is 1. The molecule has 1 aliphatic rings. The average Bonchev–Trinajstić information content (AvgIpc) is 3.02. The maximum absolute atomic E-state index is 13.0. The molecule has 0 atom stereocenters. The Morgan fingerprint density at radius 2 is 1.95 bits per heavy atom. The van der Waals surface area contributed by atoms with Crippen molar-refractivity contribution < 1.29 is 4.74 Å². The highest BCUT2D eigenvalue weighted by molar-refractivity contribution is 7.80. The van der Waals surface area contributed by atoms with E-state index in [4.69, 9.17) is 4.74 Å². The predicted molar refractivity (Wildman–Crippen MR) is 90.7 cm³/mol. The molecule has 3 nitrogen and oxygen atoms in total. The first kappa shape index (κ1) is 13.5. The average molecular weight is 309 g/mol. The van der Waals surface area contributed by atoms with Crippen LogP contribution >= 0.6 is 12.6 Å². The molecule has 0 unspecified atom stereocenters. The Hall–Kier alpha value is -2.20. The zero-order valence-electron chi connectivity index (χ0n) is 12.2. The van der Waals surface area contributed by atoms with Crippen LogP contribution in [-0.2, 0) is 6.42 Å². The van der Waals surface area contributed by atoms with E-state index in [-0.39, 0.29) is 5.56 Å². The van der Waals surface area contributed by atoms with Crippen molar-refractivity contribution in [1.29, 1.82) is 0 Å². The fourth-order valence-corrected chi connectivity index (χ4v) is 3.32. The summed E-state index contributed by atoms with van der Waals surface area (Å²) in [6, 6.07) is 13.7. The maximum atomic E-state index is 13.0. The first-order valence-corrected chi connectivity index (χ1v) is 7.71. The number of benzene rings is 2. The first-order valence-electron chi connectivity index (χ1n) is 7.27. The van der Waals surface area contributed by atoms with Crippen LogP contribution in [0, 0.1) is 6.92 Å². The minimum absolute atomic E-state index is 0.00731. The Balaban J connectivity index is 2.19. The van der Waals surface area contributed by atoms with Gasteiger partial charge in [-0.25, -0.2) is 0 Å². The van der Waals surface area contributed by atoms with E-state index in [1.54, 1.807) is 4.57 Å². The van der Waals surface area contributed by atoms with Crippen LogP contribution in [0.2, 0.25) is 0 Å². The molecule has 0 aliphatic carbocycles. The van der Waals surface area contributed by atoms with E-state index in [1.807, 2.05) is 49.4 Å². The van der Waals surface area contributed by atoms with Crippen molar-refractivity contribution in [2.24, 2.45) is 0 Å². The fourth-order valence-electron chi connectivity index (χ4n) is 3.07. The Morgan fingerprint density at radius 1 is 1.14 bits per heavy atom. The smallest absolute Gasteiger partial charge is 0.262 e. The standard InChI is InChI=1S/C18H15NO2S/c1-11-5-4-8-15(17(11)22)19-14-7-3-2-6-12(14)16-13(18(19)20)9-10-21-16/h2-8,22H,9-10H2,1H3. The van der Waals surface area contributed by atoms with Gasteiger partial charge in [-0.05, 0) is 30.7 Å². The lowest BCUT2D eigenvalue weighted by atomic mass is 10.1. The molecule has 0 bridgehead atoms. The van der Waals surface area contributed by atoms with Crippen LogP contribution in [0.5, 0.6) is 5.75 Å². The Kier molecular flexibility index (Phi) is 3.01. The SMILES string of the molecule is Cc1cccc(-n2c(=O)c3c(c4ccccc42)OCC3)c1S. The van der Waals surface area contributed by atoms with Gasteiger partial charge in [0.05, 0.1) is 23.4 Å². The third-order valence-corrected chi connectivity index (χ3v) is 4.76. The molecule has 1 aromatic heterocycles. The number of ether oxygens (including phenoxy) is 1. The zero-order chi connectivity index (χ0) is 15.3. The van der Waals surface area contributed by atoms with Gasteiger partial charge < -0.3 is 4.74 Å². The summed E-state index contributed by atoms with van der Waals surface area (Å²) < 4.78 is 7.47. The van der Waals surface area contributed by atoms with E-state index in [0.29, 0.717) is 13.0 Å². The molecule has 3 aromatic rings. The van der Waals surface area contributed by atoms with Crippen molar-refractivity contribution in [3.8, 4) is 11.4 Å². The lowest BCUT2D eigenvalue weighted by Crippen LogP contribution is -2.22. The molecule has 22 heavy (non-hydrogen) atoms. The molecule has 4 rings (SSSR count). The second-order valence-electron chi connectivity index (χ2n) is 5.51. The highest BCUT2D eigenvalue weighted by Gasteiger charge is 2.23. The third kappa shape index (κ3) is 1.80. The summed E-state index contributed by atoms with van der Waals surface area (Å²) in [6.07, 6.45) is 0.659. The van der Waals surface area contributed by atoms with Gasteiger partial charge in [-0.1, -0.05) is 24.3 Å². The van der Waals surface area contributed by atoms with Crippen molar-refractivity contribution in [2.45, 2.75) is 18.2 Å². The quantitative estimate of drug-likeness (QED) is 0.697. The molecule has 4 heteroatoms. The van der Waals surface area contributed by atoms with Gasteiger partial charge in [-0.3, -0.25) is 9.36 Å². The van der Waals surface area contributed by atoms with Crippen LogP contribution in [-0.4, -0.2) is 11.2 Å². The van der Waals surface area contributed by atoms with Gasteiger partial charge in [-0.15, -0.1) is 12.6 Å². The highest BCUT2D eigenvalue weighted by Crippen LogP contribution is 2.33. The fraction of sp³-hybridized carbons (Fsp3) is 0.167. The molecule has 0 saturated heterocycles. The molecular weight excluding hydrogens is 294 g/mol. The van der Waals surface area contributed by atoms with Gasteiger partial charge in [0.2, 0.25) is 0 Å². The summed E-state index contributed by atoms with van der Waals surface area (Å²) in [6.45, 7) is 2.57. The van der Waals surface area contributed by atoms with E-state index >= 15 is 0 Å². The van der Waals surface area contributed by atoms with E-state index in [0.717, 1.165) is 38.4 Å². The zero-order valence-corrected chi connectivity index (χ0v) is 13.1. The molecule has 0 fully saturated rings. The molecular formula is C18H15NO2S. The summed E-state index contributed by atoms with van der Waals surface area (Å²) in [5.74, 6) is 0.741. The van der Waals surface area contributed by atoms with Crippen molar-refractivity contribution in [3.05, 3.63) is 63.9 Å². The minimum Gasteiger partial charge on any atom is -0.492 e. The van der Waals surface area contributed by atoms with Crippen molar-refractivity contribution in [3.63, 3.8) is 0 Å². The molecule has 0 saturated carbocycles. The van der Waals surface area contributed by atoms with Gasteiger partial charge in [0.1, 0.15) is 5.75 Å². The molecule has 0 amide bonds. The second-order valence-corrected chi connectivity index (χ2v) is 5.95. The number of rotatable bonds is 1. The number of fused-ring (bicyclic) bond motifs is 3. The van der Waals surface area contributed by atoms with Gasteiger partial charge in [-0.2, -0.15) is 0 Å². The van der Waals surface area contributed by atoms with E-state index in [2.05, 4.69) is 12.6 Å². The second kappa shape index (κ2) is 4.92. The van der Waals surface area contributed by atoms with Crippen LogP contribution in [0.3, 0.4) is 0 Å². The molecule has 0 spiro atoms. The van der Waals surface area contributed by atoms with Crippen LogP contribution in [0.4, 0.5) is 0 Å². The molecule has 110 valence electrons. The molecule has 0 N–H and O–H groups in total. The summed E-state index contributed by atoms with van der Waals surface area (Å²) in [7, 11) is 0. The van der Waals surface area contributed by atoms with E-state index in [1.165, 1.54) is 0 Å². The number of pyridine rings is 1. The van der Waals surface area contributed by atoms with Crippen LogP contribution in [0.15, 0.2) is 52.2 Å².